The van der Waals surface area contributed by atoms with Gasteiger partial charge in [0.15, 0.2) is 0 Å². The van der Waals surface area contributed by atoms with Crippen molar-refractivity contribution in [1.29, 1.82) is 0 Å². The minimum absolute atomic E-state index is 0.208. The van der Waals surface area contributed by atoms with Crippen molar-refractivity contribution >= 4 is 15.7 Å². The summed E-state index contributed by atoms with van der Waals surface area (Å²) in [5.74, 6) is 0. The summed E-state index contributed by atoms with van der Waals surface area (Å²) in [6, 6.07) is 0. The Labute approximate surface area is 59.1 Å². The van der Waals surface area contributed by atoms with Gasteiger partial charge >= 0.3 is 58.6 Å². The molecule has 0 rings (SSSR count). The molecular weight excluding hydrogens is 159 g/mol. The zero-order valence-electron chi connectivity index (χ0n) is 6.28. The fraction of sp³-hybridized carbons (Fsp3) is 1.00. The Morgan fingerprint density at radius 1 is 1.38 bits per heavy atom. The first-order valence-corrected chi connectivity index (χ1v) is 6.84. The summed E-state index contributed by atoms with van der Waals surface area (Å²) in [5, 5.41) is 1.54. The van der Waals surface area contributed by atoms with Crippen LogP contribution < -0.4 is 0 Å². The average molecular weight is 176 g/mol. The van der Waals surface area contributed by atoms with Crippen LogP contribution in [-0.4, -0.2) is 33.6 Å². The van der Waals surface area contributed by atoms with Crippen molar-refractivity contribution in [3.05, 3.63) is 0 Å². The molecule has 0 aliphatic carbocycles. The van der Waals surface area contributed by atoms with Gasteiger partial charge < -0.3 is 0 Å². The first-order chi connectivity index (χ1) is 3.77. The molecule has 0 N–H and O–H groups in total. The summed E-state index contributed by atoms with van der Waals surface area (Å²) >= 11 is -0.208. The Bertz CT molecular complexity index is 45.8. The summed E-state index contributed by atoms with van der Waals surface area (Å²) in [6.45, 7) is 2.26. The van der Waals surface area contributed by atoms with Crippen molar-refractivity contribution in [2.75, 3.05) is 14.1 Å². The number of hydrogen-bond acceptors (Lipinski definition) is 1. The topological polar surface area (TPSA) is 3.24 Å². The van der Waals surface area contributed by atoms with Crippen LogP contribution in [0.15, 0.2) is 0 Å². The van der Waals surface area contributed by atoms with E-state index in [1.807, 2.05) is 0 Å². The van der Waals surface area contributed by atoms with Gasteiger partial charge in [-0.05, 0) is 0 Å². The van der Waals surface area contributed by atoms with E-state index in [0.29, 0.717) is 0 Å². The molecule has 0 amide bonds. The third kappa shape index (κ3) is 6.50. The molecule has 0 spiro atoms. The first kappa shape index (κ1) is 8.50. The second kappa shape index (κ2) is 5.64. The maximum absolute atomic E-state index is 2.42. The van der Waals surface area contributed by atoms with Crippen LogP contribution >= 0.6 is 0 Å². The Balaban J connectivity index is 2.72. The fourth-order valence-electron chi connectivity index (χ4n) is 0.678. The van der Waals surface area contributed by atoms with Gasteiger partial charge in [0.05, 0.1) is 0 Å². The zero-order chi connectivity index (χ0) is 6.41. The van der Waals surface area contributed by atoms with E-state index in [9.17, 15) is 0 Å². The van der Waals surface area contributed by atoms with Crippen LogP contribution in [0.4, 0.5) is 0 Å². The molecule has 0 atom stereocenters. The van der Waals surface area contributed by atoms with E-state index < -0.39 is 0 Å². The van der Waals surface area contributed by atoms with E-state index in [-0.39, 0.29) is 15.7 Å². The SMILES string of the molecule is CCC[CH2][GeH2][N](C)C. The molecule has 0 fully saturated rings. The molecule has 0 aliphatic heterocycles. The van der Waals surface area contributed by atoms with Gasteiger partial charge in [-0.15, -0.1) is 0 Å². The minimum atomic E-state index is -0.208. The van der Waals surface area contributed by atoms with Crippen molar-refractivity contribution in [1.82, 2.24) is 3.86 Å². The van der Waals surface area contributed by atoms with Crippen molar-refractivity contribution in [3.63, 3.8) is 0 Å². The monoisotopic (exact) mass is 177 g/mol. The molecule has 0 aromatic heterocycles. The van der Waals surface area contributed by atoms with Crippen LogP contribution in [0.3, 0.4) is 0 Å². The summed E-state index contributed by atoms with van der Waals surface area (Å²) in [5.41, 5.74) is 0. The molecule has 0 heterocycles. The Morgan fingerprint density at radius 2 is 2.00 bits per heavy atom. The molecule has 0 aliphatic rings. The normalized spacial score (nSPS) is 12.0. The van der Waals surface area contributed by atoms with Crippen LogP contribution in [0.1, 0.15) is 19.8 Å². The third-order valence-electron chi connectivity index (χ3n) is 1.21. The Morgan fingerprint density at radius 3 is 2.38 bits per heavy atom. The molecule has 0 unspecified atom stereocenters. The molecule has 0 radical (unpaired) electrons. The van der Waals surface area contributed by atoms with Crippen LogP contribution in [0.5, 0.6) is 0 Å². The van der Waals surface area contributed by atoms with Gasteiger partial charge in [-0.3, -0.25) is 0 Å². The molecule has 0 aromatic carbocycles. The van der Waals surface area contributed by atoms with Crippen molar-refractivity contribution in [2.45, 2.75) is 25.0 Å². The fourth-order valence-corrected chi connectivity index (χ4v) is 3.52. The van der Waals surface area contributed by atoms with Gasteiger partial charge in [0.25, 0.3) is 0 Å². The quantitative estimate of drug-likeness (QED) is 0.453. The second-order valence-corrected chi connectivity index (χ2v) is 7.59. The van der Waals surface area contributed by atoms with Gasteiger partial charge in [0.1, 0.15) is 0 Å². The second-order valence-electron chi connectivity index (χ2n) is 2.51. The average Bonchev–Trinajstić information content (AvgIpc) is 1.66. The van der Waals surface area contributed by atoms with Crippen LogP contribution in [-0.2, 0) is 0 Å². The third-order valence-corrected chi connectivity index (χ3v) is 4.80. The first-order valence-electron chi connectivity index (χ1n) is 3.42. The molecule has 0 aromatic rings. The molecule has 2 heteroatoms. The summed E-state index contributed by atoms with van der Waals surface area (Å²) < 4.78 is 2.42. The van der Waals surface area contributed by atoms with Crippen molar-refractivity contribution in [2.24, 2.45) is 0 Å². The number of unbranched alkanes of at least 4 members (excludes halogenated alkanes) is 1. The van der Waals surface area contributed by atoms with Crippen LogP contribution in [0.25, 0.3) is 0 Å². The van der Waals surface area contributed by atoms with Crippen molar-refractivity contribution < 1.29 is 0 Å². The molecule has 0 bridgehead atoms. The van der Waals surface area contributed by atoms with E-state index in [4.69, 9.17) is 0 Å². The summed E-state index contributed by atoms with van der Waals surface area (Å²) in [6.07, 6.45) is 2.83. The van der Waals surface area contributed by atoms with E-state index in [1.54, 1.807) is 0 Å². The molecule has 8 heavy (non-hydrogen) atoms. The predicted molar refractivity (Wildman–Crippen MR) is 41.9 cm³/mol. The number of rotatable bonds is 4. The van der Waals surface area contributed by atoms with Gasteiger partial charge in [-0.2, -0.15) is 0 Å². The van der Waals surface area contributed by atoms with Gasteiger partial charge in [0.2, 0.25) is 0 Å². The van der Waals surface area contributed by atoms with E-state index >= 15 is 0 Å². The zero-order valence-corrected chi connectivity index (χ0v) is 9.24. The number of nitrogens with zero attached hydrogens (tertiary/aromatic N) is 1. The summed E-state index contributed by atoms with van der Waals surface area (Å²) in [4.78, 5) is 0. The van der Waals surface area contributed by atoms with E-state index in [2.05, 4.69) is 24.9 Å². The Hall–Kier alpha value is 0.503. The Kier molecular flexibility index (Phi) is 5.99. The van der Waals surface area contributed by atoms with E-state index in [1.165, 1.54) is 18.1 Å². The van der Waals surface area contributed by atoms with Gasteiger partial charge in [-0.1, -0.05) is 0 Å². The maximum atomic E-state index is 2.42. The van der Waals surface area contributed by atoms with Crippen molar-refractivity contribution in [3.8, 4) is 0 Å². The standard InChI is InChI=1S/C6H17GeN/c1-4-5-6-7-8(2)3/h4-7H2,1-3H3. The molecule has 50 valence electrons. The predicted octanol–water partition coefficient (Wildman–Crippen LogP) is 0.850. The molecule has 0 saturated carbocycles. The van der Waals surface area contributed by atoms with Crippen LogP contribution in [0.2, 0.25) is 5.25 Å². The van der Waals surface area contributed by atoms with Gasteiger partial charge in [-0.25, -0.2) is 0 Å². The molecule has 0 saturated heterocycles. The van der Waals surface area contributed by atoms with Crippen LogP contribution in [0, 0.1) is 0 Å². The number of hydrogen-bond donors (Lipinski definition) is 0. The molecule has 1 nitrogen and oxygen atoms in total. The van der Waals surface area contributed by atoms with E-state index in [0.717, 1.165) is 0 Å². The van der Waals surface area contributed by atoms with Gasteiger partial charge in [0, 0.05) is 0 Å². The molecular formula is C6H17GeN. The summed E-state index contributed by atoms with van der Waals surface area (Å²) in [7, 11) is 4.41.